The molecule has 0 radical (unpaired) electrons. The lowest BCUT2D eigenvalue weighted by atomic mass is 9.81. The molecule has 11 heteroatoms. The largest absolute Gasteiger partial charge is 0.476 e. The fourth-order valence-corrected chi connectivity index (χ4v) is 2.54. The summed E-state index contributed by atoms with van der Waals surface area (Å²) in [5, 5.41) is 32.4. The number of nitro groups is 2. The molecule has 1 aromatic carbocycles. The molecule has 2 atom stereocenters. The molecule has 0 heterocycles. The predicted molar refractivity (Wildman–Crippen MR) is 90.3 cm³/mol. The molecule has 146 valence electrons. The maximum absolute atomic E-state index is 12.3. The molecule has 0 saturated heterocycles. The van der Waals surface area contributed by atoms with E-state index in [1.807, 2.05) is 0 Å². The number of rotatable bonds is 9. The number of hydrogen-bond donors (Lipinski definition) is 1. The lowest BCUT2D eigenvalue weighted by Crippen LogP contribution is -2.34. The molecule has 0 fully saturated rings. The number of ketones is 1. The molecule has 1 aromatic rings. The molecule has 0 bridgehead atoms. The SMILES string of the molecule is CCOC(=O)C(C(C)=O)C(C(=C(O)OC)[N+](=O)[O-])c1cccc([N+](=O)[O-])c1. The fraction of sp³-hybridized carbons (Fsp3) is 0.375. The molecule has 2 unspecified atom stereocenters. The number of benzene rings is 1. The van der Waals surface area contributed by atoms with Crippen molar-refractivity contribution in [1.29, 1.82) is 0 Å². The first-order valence-electron chi connectivity index (χ1n) is 7.68. The molecule has 27 heavy (non-hydrogen) atoms. The van der Waals surface area contributed by atoms with Crippen molar-refractivity contribution in [2.75, 3.05) is 13.7 Å². The van der Waals surface area contributed by atoms with Crippen molar-refractivity contribution in [2.45, 2.75) is 19.8 Å². The minimum absolute atomic E-state index is 0.0992. The Labute approximate surface area is 153 Å². The Morgan fingerprint density at radius 2 is 1.89 bits per heavy atom. The number of ether oxygens (including phenoxy) is 2. The quantitative estimate of drug-likeness (QED) is 0.222. The van der Waals surface area contributed by atoms with Gasteiger partial charge in [-0.05, 0) is 19.4 Å². The van der Waals surface area contributed by atoms with Crippen molar-refractivity contribution in [3.63, 3.8) is 0 Å². The minimum atomic E-state index is -1.72. The third-order valence-electron chi connectivity index (χ3n) is 3.66. The van der Waals surface area contributed by atoms with Crippen LogP contribution in [0.5, 0.6) is 0 Å². The molecular formula is C16H18N2O9. The van der Waals surface area contributed by atoms with Gasteiger partial charge in [0.15, 0.2) is 0 Å². The van der Waals surface area contributed by atoms with Crippen LogP contribution in [0, 0.1) is 26.1 Å². The summed E-state index contributed by atoms with van der Waals surface area (Å²) in [4.78, 5) is 45.3. The van der Waals surface area contributed by atoms with E-state index in [9.17, 15) is 34.9 Å². The van der Waals surface area contributed by atoms with Crippen molar-refractivity contribution >= 4 is 17.4 Å². The van der Waals surface area contributed by atoms with Gasteiger partial charge in [0.2, 0.25) is 0 Å². The second kappa shape index (κ2) is 9.27. The Hall–Kier alpha value is -3.50. The third kappa shape index (κ3) is 5.00. The highest BCUT2D eigenvalue weighted by molar-refractivity contribution is 5.99. The molecular weight excluding hydrogens is 364 g/mol. The van der Waals surface area contributed by atoms with Gasteiger partial charge in [-0.25, -0.2) is 0 Å². The first-order valence-corrected chi connectivity index (χ1v) is 7.68. The van der Waals surface area contributed by atoms with E-state index in [-0.39, 0.29) is 12.2 Å². The number of methoxy groups -OCH3 is 1. The van der Waals surface area contributed by atoms with E-state index < -0.39 is 50.8 Å². The van der Waals surface area contributed by atoms with Crippen LogP contribution in [-0.4, -0.2) is 40.4 Å². The first kappa shape index (κ1) is 21.5. The number of non-ortho nitro benzene ring substituents is 1. The Morgan fingerprint density at radius 3 is 2.33 bits per heavy atom. The standard InChI is InChI=1S/C16H18N2O9/c1-4-27-15(20)12(9(2)19)13(14(18(24)25)16(21)26-3)10-6-5-7-11(8-10)17(22)23/h5-8,12-13,21H,4H2,1-3H3. The average Bonchev–Trinajstić information content (AvgIpc) is 2.60. The molecule has 0 aliphatic carbocycles. The van der Waals surface area contributed by atoms with Gasteiger partial charge >= 0.3 is 17.6 Å². The Balaban J connectivity index is 3.78. The summed E-state index contributed by atoms with van der Waals surface area (Å²) in [5.74, 6) is -6.37. The highest BCUT2D eigenvalue weighted by Crippen LogP contribution is 2.37. The van der Waals surface area contributed by atoms with E-state index in [4.69, 9.17) is 4.74 Å². The average molecular weight is 382 g/mol. The topological polar surface area (TPSA) is 159 Å². The van der Waals surface area contributed by atoms with Gasteiger partial charge in [0.1, 0.15) is 17.6 Å². The second-order valence-corrected chi connectivity index (χ2v) is 5.32. The van der Waals surface area contributed by atoms with Crippen LogP contribution in [0.2, 0.25) is 0 Å². The lowest BCUT2D eigenvalue weighted by Gasteiger charge is -2.22. The Bertz CT molecular complexity index is 788. The molecule has 1 rings (SSSR count). The number of Topliss-reactive ketones (excluding diaryl/α,β-unsaturated/α-hetero) is 1. The lowest BCUT2D eigenvalue weighted by molar-refractivity contribution is -0.436. The highest BCUT2D eigenvalue weighted by atomic mass is 16.6. The third-order valence-corrected chi connectivity index (χ3v) is 3.66. The molecule has 0 saturated carbocycles. The number of esters is 1. The summed E-state index contributed by atoms with van der Waals surface area (Å²) in [6.45, 7) is 2.40. The van der Waals surface area contributed by atoms with E-state index in [1.54, 1.807) is 0 Å². The van der Waals surface area contributed by atoms with E-state index in [2.05, 4.69) is 4.74 Å². The monoisotopic (exact) mass is 382 g/mol. The van der Waals surface area contributed by atoms with Crippen molar-refractivity contribution in [1.82, 2.24) is 0 Å². The maximum Gasteiger partial charge on any atom is 0.354 e. The van der Waals surface area contributed by atoms with E-state index in [0.29, 0.717) is 0 Å². The number of hydrogen-bond acceptors (Lipinski definition) is 9. The van der Waals surface area contributed by atoms with Crippen LogP contribution >= 0.6 is 0 Å². The number of nitro benzene ring substituents is 1. The maximum atomic E-state index is 12.3. The zero-order valence-corrected chi connectivity index (χ0v) is 14.8. The highest BCUT2D eigenvalue weighted by Gasteiger charge is 2.45. The number of aliphatic hydroxyl groups is 1. The van der Waals surface area contributed by atoms with Crippen molar-refractivity contribution in [3.8, 4) is 0 Å². The van der Waals surface area contributed by atoms with Crippen molar-refractivity contribution in [3.05, 3.63) is 61.7 Å². The van der Waals surface area contributed by atoms with E-state index in [1.165, 1.54) is 19.1 Å². The molecule has 0 aliphatic rings. The molecule has 0 aliphatic heterocycles. The van der Waals surface area contributed by atoms with Crippen molar-refractivity contribution < 1.29 is 34.0 Å². The molecule has 11 nitrogen and oxygen atoms in total. The molecule has 0 spiro atoms. The number of nitrogens with zero attached hydrogens (tertiary/aromatic N) is 2. The molecule has 1 N–H and O–H groups in total. The predicted octanol–water partition coefficient (Wildman–Crippen LogP) is 2.10. The summed E-state index contributed by atoms with van der Waals surface area (Å²) >= 11 is 0. The molecule has 0 aromatic heterocycles. The number of carbonyl (C=O) groups is 2. The fourth-order valence-electron chi connectivity index (χ4n) is 2.54. The summed E-state index contributed by atoms with van der Waals surface area (Å²) in [6, 6.07) is 4.62. The zero-order chi connectivity index (χ0) is 20.7. The van der Waals surface area contributed by atoms with Crippen LogP contribution in [0.25, 0.3) is 0 Å². The van der Waals surface area contributed by atoms with Crippen LogP contribution < -0.4 is 0 Å². The normalized spacial score (nSPS) is 13.7. The van der Waals surface area contributed by atoms with Gasteiger partial charge in [0, 0.05) is 12.1 Å². The summed E-state index contributed by atoms with van der Waals surface area (Å²) in [5.41, 5.74) is -1.51. The van der Waals surface area contributed by atoms with Gasteiger partial charge in [0.25, 0.3) is 5.69 Å². The summed E-state index contributed by atoms with van der Waals surface area (Å²) in [6.07, 6.45) is 0. The number of carbonyl (C=O) groups excluding carboxylic acids is 2. The summed E-state index contributed by atoms with van der Waals surface area (Å²) in [7, 11) is 0.955. The van der Waals surface area contributed by atoms with Crippen LogP contribution in [0.1, 0.15) is 25.3 Å². The van der Waals surface area contributed by atoms with E-state index in [0.717, 1.165) is 26.2 Å². The van der Waals surface area contributed by atoms with Gasteiger partial charge in [0.05, 0.1) is 23.6 Å². The number of allylic oxidation sites excluding steroid dienone is 1. The van der Waals surface area contributed by atoms with E-state index >= 15 is 0 Å². The second-order valence-electron chi connectivity index (χ2n) is 5.32. The van der Waals surface area contributed by atoms with Gasteiger partial charge in [-0.15, -0.1) is 0 Å². The van der Waals surface area contributed by atoms with Crippen molar-refractivity contribution in [2.24, 2.45) is 5.92 Å². The van der Waals surface area contributed by atoms with Gasteiger partial charge < -0.3 is 14.6 Å². The molecule has 0 amide bonds. The van der Waals surface area contributed by atoms with Crippen LogP contribution in [0.4, 0.5) is 5.69 Å². The number of aliphatic hydroxyl groups excluding tert-OH is 1. The Morgan fingerprint density at radius 1 is 1.26 bits per heavy atom. The van der Waals surface area contributed by atoms with Gasteiger partial charge in [-0.1, -0.05) is 12.1 Å². The van der Waals surface area contributed by atoms with Gasteiger partial charge in [-0.2, -0.15) is 0 Å². The van der Waals surface area contributed by atoms with Crippen LogP contribution in [0.3, 0.4) is 0 Å². The smallest absolute Gasteiger partial charge is 0.354 e. The minimum Gasteiger partial charge on any atom is -0.476 e. The van der Waals surface area contributed by atoms with Crippen LogP contribution in [0.15, 0.2) is 35.9 Å². The van der Waals surface area contributed by atoms with Gasteiger partial charge in [-0.3, -0.25) is 29.8 Å². The summed E-state index contributed by atoms with van der Waals surface area (Å²) < 4.78 is 9.35. The zero-order valence-electron chi connectivity index (χ0n) is 14.8. The Kier molecular flexibility index (Phi) is 7.39. The van der Waals surface area contributed by atoms with Crippen LogP contribution in [-0.2, 0) is 19.1 Å². The first-order chi connectivity index (χ1) is 12.6.